The molecule has 0 aromatic heterocycles. The number of nitrogens with two attached hydrogens (primary N) is 1. The molecule has 0 bridgehead atoms. The third-order valence-corrected chi connectivity index (χ3v) is 4.82. The lowest BCUT2D eigenvalue weighted by Crippen LogP contribution is -2.44. The van der Waals surface area contributed by atoms with Gasteiger partial charge in [-0.05, 0) is 12.0 Å². The summed E-state index contributed by atoms with van der Waals surface area (Å²) in [6.45, 7) is 2.92. The monoisotopic (exact) mass is 307 g/mol. The fourth-order valence-corrected chi connectivity index (χ4v) is 3.47. The van der Waals surface area contributed by atoms with Crippen LogP contribution in [0.4, 0.5) is 0 Å². The van der Waals surface area contributed by atoms with Gasteiger partial charge in [-0.1, -0.05) is 30.3 Å². The molecule has 2 rings (SSSR count). The van der Waals surface area contributed by atoms with Gasteiger partial charge in [-0.25, -0.2) is 0 Å². The Labute approximate surface area is 131 Å². The number of thioether (sulfide) groups is 1. The number of amides is 1. The normalized spacial score (nSPS) is 18.4. The van der Waals surface area contributed by atoms with Crippen LogP contribution in [0.15, 0.2) is 30.3 Å². The van der Waals surface area contributed by atoms with E-state index >= 15 is 0 Å². The van der Waals surface area contributed by atoms with Crippen LogP contribution in [0.1, 0.15) is 12.0 Å². The minimum atomic E-state index is 0.219. The molecule has 1 fully saturated rings. The van der Waals surface area contributed by atoms with E-state index in [9.17, 15) is 4.79 Å². The van der Waals surface area contributed by atoms with Crippen molar-refractivity contribution in [3.05, 3.63) is 35.9 Å². The first kappa shape index (κ1) is 16.3. The molecular formula is C16H25N3OS. The van der Waals surface area contributed by atoms with Crippen LogP contribution in [0.25, 0.3) is 0 Å². The highest BCUT2D eigenvalue weighted by atomic mass is 32.2. The lowest BCUT2D eigenvalue weighted by molar-refractivity contribution is -0.131. The molecule has 1 amide bonds. The van der Waals surface area contributed by atoms with Crippen LogP contribution >= 0.6 is 11.8 Å². The van der Waals surface area contributed by atoms with Crippen molar-refractivity contribution >= 4 is 17.7 Å². The van der Waals surface area contributed by atoms with E-state index in [1.807, 2.05) is 34.9 Å². The number of benzene rings is 1. The molecule has 0 radical (unpaired) electrons. The molecule has 0 aliphatic carbocycles. The van der Waals surface area contributed by atoms with Crippen molar-refractivity contribution in [2.75, 3.05) is 37.7 Å². The molecule has 0 spiro atoms. The Balaban J connectivity index is 1.83. The van der Waals surface area contributed by atoms with Crippen LogP contribution in [-0.4, -0.2) is 54.5 Å². The largest absolute Gasteiger partial charge is 0.341 e. The van der Waals surface area contributed by atoms with E-state index in [1.54, 1.807) is 0 Å². The predicted octanol–water partition coefficient (Wildman–Crippen LogP) is 1.11. The highest BCUT2D eigenvalue weighted by Crippen LogP contribution is 2.12. The summed E-state index contributed by atoms with van der Waals surface area (Å²) in [6, 6.07) is 10.6. The van der Waals surface area contributed by atoms with Crippen LogP contribution in [0.2, 0.25) is 0 Å². The zero-order valence-electron chi connectivity index (χ0n) is 12.5. The Kier molecular flexibility index (Phi) is 7.06. The number of carbonyl (C=O) groups is 1. The Morgan fingerprint density at radius 1 is 1.33 bits per heavy atom. The first-order chi connectivity index (χ1) is 10.3. The van der Waals surface area contributed by atoms with E-state index in [2.05, 4.69) is 17.4 Å². The first-order valence-corrected chi connectivity index (χ1v) is 8.78. The summed E-state index contributed by atoms with van der Waals surface area (Å²) >= 11 is 1.92. The molecule has 4 nitrogen and oxygen atoms in total. The average Bonchev–Trinajstić information content (AvgIpc) is 2.53. The van der Waals surface area contributed by atoms with E-state index < -0.39 is 0 Å². The molecule has 21 heavy (non-hydrogen) atoms. The average molecular weight is 307 g/mol. The van der Waals surface area contributed by atoms with Gasteiger partial charge in [-0.15, -0.1) is 0 Å². The van der Waals surface area contributed by atoms with Gasteiger partial charge in [-0.2, -0.15) is 11.8 Å². The number of hydrogen-bond acceptors (Lipinski definition) is 4. The maximum atomic E-state index is 12.4. The molecule has 1 atom stereocenters. The third-order valence-electron chi connectivity index (χ3n) is 3.68. The fourth-order valence-electron chi connectivity index (χ4n) is 2.52. The molecule has 3 N–H and O–H groups in total. The topological polar surface area (TPSA) is 58.4 Å². The van der Waals surface area contributed by atoms with Crippen molar-refractivity contribution in [3.8, 4) is 0 Å². The first-order valence-electron chi connectivity index (χ1n) is 7.62. The van der Waals surface area contributed by atoms with Gasteiger partial charge in [0.2, 0.25) is 5.91 Å². The summed E-state index contributed by atoms with van der Waals surface area (Å²) in [6.07, 6.45) is 1.47. The molecule has 116 valence electrons. The SMILES string of the molecule is NCCN(CCc1ccccc1)C(=O)CC1CSCCN1. The Bertz CT molecular complexity index is 421. The molecule has 1 unspecified atom stereocenters. The third kappa shape index (κ3) is 5.69. The van der Waals surface area contributed by atoms with E-state index in [0.717, 1.165) is 31.0 Å². The van der Waals surface area contributed by atoms with Crippen LogP contribution in [-0.2, 0) is 11.2 Å². The van der Waals surface area contributed by atoms with Gasteiger partial charge in [0.15, 0.2) is 0 Å². The van der Waals surface area contributed by atoms with E-state index in [-0.39, 0.29) is 5.91 Å². The minimum Gasteiger partial charge on any atom is -0.341 e. The zero-order chi connectivity index (χ0) is 14.9. The number of rotatable bonds is 7. The van der Waals surface area contributed by atoms with Crippen LogP contribution in [0, 0.1) is 0 Å². The molecule has 1 aromatic carbocycles. The smallest absolute Gasteiger partial charge is 0.224 e. The van der Waals surface area contributed by atoms with Gasteiger partial charge in [0.25, 0.3) is 0 Å². The van der Waals surface area contributed by atoms with Gasteiger partial charge < -0.3 is 16.0 Å². The Hall–Kier alpha value is -1.04. The number of nitrogens with one attached hydrogen (secondary N) is 1. The van der Waals surface area contributed by atoms with E-state index in [4.69, 9.17) is 5.73 Å². The van der Waals surface area contributed by atoms with Crippen molar-refractivity contribution in [3.63, 3.8) is 0 Å². The summed E-state index contributed by atoms with van der Waals surface area (Å²) in [4.78, 5) is 14.4. The number of nitrogens with zero attached hydrogens (tertiary/aromatic N) is 1. The van der Waals surface area contributed by atoms with Crippen LogP contribution in [0.3, 0.4) is 0 Å². The summed E-state index contributed by atoms with van der Waals surface area (Å²) in [5, 5.41) is 3.42. The lowest BCUT2D eigenvalue weighted by Gasteiger charge is -2.27. The molecule has 1 aliphatic heterocycles. The highest BCUT2D eigenvalue weighted by molar-refractivity contribution is 7.99. The van der Waals surface area contributed by atoms with E-state index in [0.29, 0.717) is 25.6 Å². The Morgan fingerprint density at radius 2 is 2.14 bits per heavy atom. The maximum absolute atomic E-state index is 12.4. The maximum Gasteiger partial charge on any atom is 0.224 e. The second kappa shape index (κ2) is 9.07. The van der Waals surface area contributed by atoms with Crippen molar-refractivity contribution < 1.29 is 4.79 Å². The summed E-state index contributed by atoms with van der Waals surface area (Å²) < 4.78 is 0. The fraction of sp³-hybridized carbons (Fsp3) is 0.562. The highest BCUT2D eigenvalue weighted by Gasteiger charge is 2.20. The van der Waals surface area contributed by atoms with Gasteiger partial charge in [0, 0.05) is 50.1 Å². The Morgan fingerprint density at radius 3 is 2.81 bits per heavy atom. The quantitative estimate of drug-likeness (QED) is 0.792. The predicted molar refractivity (Wildman–Crippen MR) is 89.5 cm³/mol. The molecule has 1 aliphatic rings. The van der Waals surface area contributed by atoms with Crippen LogP contribution < -0.4 is 11.1 Å². The lowest BCUT2D eigenvalue weighted by atomic mass is 10.1. The molecule has 1 aromatic rings. The molecule has 1 heterocycles. The second-order valence-corrected chi connectivity index (χ2v) is 6.48. The second-order valence-electron chi connectivity index (χ2n) is 5.34. The number of carbonyl (C=O) groups excluding carboxylic acids is 1. The molecule has 0 saturated carbocycles. The zero-order valence-corrected chi connectivity index (χ0v) is 13.3. The molecule has 5 heteroatoms. The van der Waals surface area contributed by atoms with Crippen molar-refractivity contribution in [2.45, 2.75) is 18.9 Å². The van der Waals surface area contributed by atoms with Crippen molar-refractivity contribution in [1.29, 1.82) is 0 Å². The molecular weight excluding hydrogens is 282 g/mol. The van der Waals surface area contributed by atoms with Gasteiger partial charge >= 0.3 is 0 Å². The van der Waals surface area contributed by atoms with Crippen molar-refractivity contribution in [1.82, 2.24) is 10.2 Å². The standard InChI is InChI=1S/C16H25N3OS/c17-7-10-19(9-6-14-4-2-1-3-5-14)16(20)12-15-13-21-11-8-18-15/h1-5,15,18H,6-13,17H2. The number of hydrogen-bond donors (Lipinski definition) is 2. The van der Waals surface area contributed by atoms with Gasteiger partial charge in [0.1, 0.15) is 0 Å². The van der Waals surface area contributed by atoms with E-state index in [1.165, 1.54) is 5.56 Å². The molecule has 1 saturated heterocycles. The minimum absolute atomic E-state index is 0.219. The van der Waals surface area contributed by atoms with Gasteiger partial charge in [0.05, 0.1) is 0 Å². The van der Waals surface area contributed by atoms with Crippen molar-refractivity contribution in [2.24, 2.45) is 5.73 Å². The van der Waals surface area contributed by atoms with Gasteiger partial charge in [-0.3, -0.25) is 4.79 Å². The summed E-state index contributed by atoms with van der Waals surface area (Å²) in [5.74, 6) is 2.39. The summed E-state index contributed by atoms with van der Waals surface area (Å²) in [7, 11) is 0. The summed E-state index contributed by atoms with van der Waals surface area (Å²) in [5.41, 5.74) is 6.92. The van der Waals surface area contributed by atoms with Crippen LogP contribution in [0.5, 0.6) is 0 Å².